The quantitative estimate of drug-likeness (QED) is 0.694. The van der Waals surface area contributed by atoms with Crippen LogP contribution in [0.25, 0.3) is 0 Å². The first-order valence-electron chi connectivity index (χ1n) is 5.50. The predicted molar refractivity (Wildman–Crippen MR) is 62.8 cm³/mol. The van der Waals surface area contributed by atoms with E-state index in [0.29, 0.717) is 10.9 Å². The van der Waals surface area contributed by atoms with Gasteiger partial charge in [-0.05, 0) is 13.8 Å². The summed E-state index contributed by atoms with van der Waals surface area (Å²) in [5.74, 6) is 1.26. The van der Waals surface area contributed by atoms with Gasteiger partial charge in [-0.2, -0.15) is 0 Å². The van der Waals surface area contributed by atoms with Crippen LogP contribution in [0, 0.1) is 0 Å². The molecule has 82 valence electrons. The Morgan fingerprint density at radius 2 is 2.07 bits per heavy atom. The molecule has 0 aromatic carbocycles. The van der Waals surface area contributed by atoms with E-state index >= 15 is 0 Å². The summed E-state index contributed by atoms with van der Waals surface area (Å²) in [4.78, 5) is 2.86. The van der Waals surface area contributed by atoms with Crippen LogP contribution in [0.4, 0.5) is 0 Å². The van der Waals surface area contributed by atoms with Gasteiger partial charge in [0.1, 0.15) is 0 Å². The summed E-state index contributed by atoms with van der Waals surface area (Å²) in [5.41, 5.74) is 0. The summed E-state index contributed by atoms with van der Waals surface area (Å²) < 4.78 is 0. The lowest BCUT2D eigenvalue weighted by atomic mass is 10.2. The fourth-order valence-electron chi connectivity index (χ4n) is 2.19. The average Bonchev–Trinajstić information content (AvgIpc) is 2.47. The van der Waals surface area contributed by atoms with Crippen molar-refractivity contribution in [2.45, 2.75) is 24.8 Å². The van der Waals surface area contributed by atoms with Crippen LogP contribution in [-0.2, 0) is 0 Å². The molecule has 4 heteroatoms. The van der Waals surface area contributed by atoms with Crippen LogP contribution in [-0.4, -0.2) is 54.3 Å². The van der Waals surface area contributed by atoms with Crippen molar-refractivity contribution in [1.82, 2.24) is 15.5 Å². The van der Waals surface area contributed by atoms with Gasteiger partial charge in [-0.25, -0.2) is 0 Å². The van der Waals surface area contributed by atoms with E-state index < -0.39 is 0 Å². The molecule has 2 fully saturated rings. The molecule has 0 spiro atoms. The lowest BCUT2D eigenvalue weighted by molar-refractivity contribution is 0.219. The van der Waals surface area contributed by atoms with E-state index in [2.05, 4.69) is 29.4 Å². The number of nitrogens with one attached hydrogen (secondary N) is 2. The van der Waals surface area contributed by atoms with Crippen LogP contribution >= 0.6 is 11.8 Å². The first-order chi connectivity index (χ1) is 6.66. The van der Waals surface area contributed by atoms with E-state index in [4.69, 9.17) is 0 Å². The number of nitrogens with zero attached hydrogens (tertiary/aromatic N) is 1. The van der Waals surface area contributed by atoms with Gasteiger partial charge < -0.3 is 5.32 Å². The lowest BCUT2D eigenvalue weighted by Crippen LogP contribution is -2.50. The van der Waals surface area contributed by atoms with Gasteiger partial charge in [0, 0.05) is 44.5 Å². The highest BCUT2D eigenvalue weighted by Crippen LogP contribution is 2.29. The topological polar surface area (TPSA) is 27.3 Å². The standard InChI is InChI=1S/C10H21N3S/c1-10(2)12-9(8-14-10)7-13-5-3-11-4-6-13/h9,11-12H,3-8H2,1-2H3. The molecular weight excluding hydrogens is 194 g/mol. The molecule has 3 nitrogen and oxygen atoms in total. The summed E-state index contributed by atoms with van der Waals surface area (Å²) >= 11 is 2.04. The smallest absolute Gasteiger partial charge is 0.0591 e. The maximum Gasteiger partial charge on any atom is 0.0591 e. The summed E-state index contributed by atoms with van der Waals surface area (Å²) in [6.45, 7) is 10.5. The van der Waals surface area contributed by atoms with Crippen molar-refractivity contribution in [2.75, 3.05) is 38.5 Å². The van der Waals surface area contributed by atoms with E-state index in [0.717, 1.165) is 13.1 Å². The Morgan fingerprint density at radius 1 is 1.36 bits per heavy atom. The third kappa shape index (κ3) is 2.86. The second kappa shape index (κ2) is 4.39. The van der Waals surface area contributed by atoms with Crippen molar-refractivity contribution in [1.29, 1.82) is 0 Å². The van der Waals surface area contributed by atoms with Crippen molar-refractivity contribution in [3.63, 3.8) is 0 Å². The van der Waals surface area contributed by atoms with E-state index in [1.54, 1.807) is 0 Å². The molecule has 0 aromatic rings. The van der Waals surface area contributed by atoms with E-state index in [-0.39, 0.29) is 0 Å². The molecule has 2 N–H and O–H groups in total. The molecule has 2 aliphatic heterocycles. The third-order valence-corrected chi connectivity index (χ3v) is 4.29. The first kappa shape index (κ1) is 10.7. The molecule has 0 aromatic heterocycles. The minimum atomic E-state index is 0.290. The van der Waals surface area contributed by atoms with Gasteiger partial charge in [0.2, 0.25) is 0 Å². The number of hydrogen-bond acceptors (Lipinski definition) is 4. The van der Waals surface area contributed by atoms with E-state index in [9.17, 15) is 0 Å². The van der Waals surface area contributed by atoms with Gasteiger partial charge in [0.25, 0.3) is 0 Å². The molecule has 0 saturated carbocycles. The van der Waals surface area contributed by atoms with Crippen LogP contribution < -0.4 is 10.6 Å². The Bertz CT molecular complexity index is 190. The van der Waals surface area contributed by atoms with Crippen molar-refractivity contribution in [2.24, 2.45) is 0 Å². The Labute approximate surface area is 91.0 Å². The molecule has 2 aliphatic rings. The lowest BCUT2D eigenvalue weighted by Gasteiger charge is -2.30. The Morgan fingerprint density at radius 3 is 2.64 bits per heavy atom. The molecule has 0 aliphatic carbocycles. The van der Waals surface area contributed by atoms with Gasteiger partial charge in [0.15, 0.2) is 0 Å². The third-order valence-electron chi connectivity index (χ3n) is 2.89. The van der Waals surface area contributed by atoms with Crippen LogP contribution in [0.15, 0.2) is 0 Å². The Hall–Kier alpha value is 0.230. The maximum atomic E-state index is 3.68. The second-order valence-electron chi connectivity index (χ2n) is 4.71. The van der Waals surface area contributed by atoms with Gasteiger partial charge in [0.05, 0.1) is 4.87 Å². The zero-order valence-corrected chi connectivity index (χ0v) is 9.99. The molecule has 2 heterocycles. The molecule has 0 radical (unpaired) electrons. The maximum absolute atomic E-state index is 3.68. The molecule has 1 unspecified atom stereocenters. The molecule has 2 saturated heterocycles. The largest absolute Gasteiger partial charge is 0.314 e. The Kier molecular flexibility index (Phi) is 3.37. The van der Waals surface area contributed by atoms with Crippen molar-refractivity contribution < 1.29 is 0 Å². The average molecular weight is 215 g/mol. The minimum absolute atomic E-state index is 0.290. The predicted octanol–water partition coefficient (Wildman–Crippen LogP) is 0.333. The SMILES string of the molecule is CC1(C)NC(CN2CCNCC2)CS1. The zero-order chi connectivity index (χ0) is 10.0. The van der Waals surface area contributed by atoms with Crippen molar-refractivity contribution in [3.8, 4) is 0 Å². The summed E-state index contributed by atoms with van der Waals surface area (Å²) in [6, 6.07) is 0.688. The first-order valence-corrected chi connectivity index (χ1v) is 6.49. The number of thioether (sulfide) groups is 1. The normalized spacial score (nSPS) is 33.4. The summed E-state index contributed by atoms with van der Waals surface area (Å²) in [6.07, 6.45) is 0. The number of rotatable bonds is 2. The van der Waals surface area contributed by atoms with Crippen LogP contribution in [0.5, 0.6) is 0 Å². The fourth-order valence-corrected chi connectivity index (χ4v) is 3.24. The molecule has 14 heavy (non-hydrogen) atoms. The minimum Gasteiger partial charge on any atom is -0.314 e. The second-order valence-corrected chi connectivity index (χ2v) is 6.36. The fraction of sp³-hybridized carbons (Fsp3) is 1.00. The van der Waals surface area contributed by atoms with E-state index in [1.807, 2.05) is 11.8 Å². The summed E-state index contributed by atoms with van der Waals surface area (Å²) in [7, 11) is 0. The zero-order valence-electron chi connectivity index (χ0n) is 9.18. The van der Waals surface area contributed by atoms with Crippen LogP contribution in [0.2, 0.25) is 0 Å². The van der Waals surface area contributed by atoms with Gasteiger partial charge in [-0.15, -0.1) is 11.8 Å². The Balaban J connectivity index is 1.75. The van der Waals surface area contributed by atoms with Gasteiger partial charge in [-0.3, -0.25) is 10.2 Å². The van der Waals surface area contributed by atoms with Crippen molar-refractivity contribution >= 4 is 11.8 Å². The molecule has 2 rings (SSSR count). The molecule has 0 bridgehead atoms. The number of piperazine rings is 1. The van der Waals surface area contributed by atoms with Gasteiger partial charge >= 0.3 is 0 Å². The summed E-state index contributed by atoms with van der Waals surface area (Å²) in [5, 5.41) is 7.07. The highest BCUT2D eigenvalue weighted by atomic mass is 32.2. The monoisotopic (exact) mass is 215 g/mol. The number of hydrogen-bond donors (Lipinski definition) is 2. The van der Waals surface area contributed by atoms with Crippen LogP contribution in [0.1, 0.15) is 13.8 Å². The highest BCUT2D eigenvalue weighted by molar-refractivity contribution is 8.00. The molecule has 1 atom stereocenters. The molecule has 0 amide bonds. The van der Waals surface area contributed by atoms with E-state index in [1.165, 1.54) is 25.4 Å². The highest BCUT2D eigenvalue weighted by Gasteiger charge is 2.31. The van der Waals surface area contributed by atoms with Crippen LogP contribution in [0.3, 0.4) is 0 Å². The van der Waals surface area contributed by atoms with Gasteiger partial charge in [-0.1, -0.05) is 0 Å². The molecular formula is C10H21N3S. The van der Waals surface area contributed by atoms with Crippen molar-refractivity contribution in [3.05, 3.63) is 0 Å².